The maximum absolute atomic E-state index is 6.21. The highest BCUT2D eigenvalue weighted by Gasteiger charge is 2.15. The van der Waals surface area contributed by atoms with E-state index in [1.807, 2.05) is 37.3 Å². The largest absolute Gasteiger partial charge is 0.271 e. The Morgan fingerprint density at radius 2 is 1.85 bits per heavy atom. The summed E-state index contributed by atoms with van der Waals surface area (Å²) in [6, 6.07) is 11.6. The van der Waals surface area contributed by atoms with Crippen molar-refractivity contribution in [2.45, 2.75) is 19.4 Å². The van der Waals surface area contributed by atoms with Crippen molar-refractivity contribution in [3.63, 3.8) is 0 Å². The molecule has 0 fully saturated rings. The maximum Gasteiger partial charge on any atom is 0.0501 e. The zero-order valence-corrected chi connectivity index (χ0v) is 14.1. The standard InChI is InChI=1S/C15H15BrCl2N2/c1-9-7-10(5-6-12(9)16)15(20-19)8-11-13(17)3-2-4-14(11)18/h2-7,15,20H,8,19H2,1H3. The minimum absolute atomic E-state index is 0.0424. The third-order valence-corrected chi connectivity index (χ3v) is 4.85. The molecule has 1 atom stereocenters. The normalized spacial score (nSPS) is 12.4. The first kappa shape index (κ1) is 15.8. The van der Waals surface area contributed by atoms with Crippen LogP contribution in [0.2, 0.25) is 10.0 Å². The van der Waals surface area contributed by atoms with Gasteiger partial charge in [0.15, 0.2) is 0 Å². The summed E-state index contributed by atoms with van der Waals surface area (Å²) in [6.45, 7) is 2.05. The Labute approximate surface area is 137 Å². The van der Waals surface area contributed by atoms with Crippen LogP contribution in [-0.2, 0) is 6.42 Å². The second-order valence-electron chi connectivity index (χ2n) is 4.63. The van der Waals surface area contributed by atoms with Gasteiger partial charge in [0, 0.05) is 14.5 Å². The molecule has 0 spiro atoms. The Bertz CT molecular complexity index is 597. The molecule has 0 saturated heterocycles. The summed E-state index contributed by atoms with van der Waals surface area (Å²) >= 11 is 15.9. The molecule has 106 valence electrons. The topological polar surface area (TPSA) is 38.0 Å². The molecule has 0 amide bonds. The molecule has 2 aromatic rings. The first-order valence-corrected chi connectivity index (χ1v) is 7.73. The number of rotatable bonds is 4. The predicted octanol–water partition coefficient (Wildman–Crippen LogP) is 4.81. The Hall–Kier alpha value is -0.580. The first-order valence-electron chi connectivity index (χ1n) is 6.18. The number of aryl methyl sites for hydroxylation is 1. The molecular weight excluding hydrogens is 359 g/mol. The molecule has 2 nitrogen and oxygen atoms in total. The summed E-state index contributed by atoms with van der Waals surface area (Å²) in [5.74, 6) is 5.69. The summed E-state index contributed by atoms with van der Waals surface area (Å²) in [7, 11) is 0. The summed E-state index contributed by atoms with van der Waals surface area (Å²) in [6.07, 6.45) is 0.635. The molecule has 1 unspecified atom stereocenters. The first-order chi connectivity index (χ1) is 9.52. The summed E-state index contributed by atoms with van der Waals surface area (Å²) < 4.78 is 1.08. The lowest BCUT2D eigenvalue weighted by atomic mass is 9.98. The van der Waals surface area contributed by atoms with Gasteiger partial charge < -0.3 is 0 Å². The third-order valence-electron chi connectivity index (χ3n) is 3.26. The maximum atomic E-state index is 6.21. The molecule has 2 aromatic carbocycles. The van der Waals surface area contributed by atoms with E-state index in [0.717, 1.165) is 21.2 Å². The Balaban J connectivity index is 2.31. The van der Waals surface area contributed by atoms with Gasteiger partial charge in [-0.2, -0.15) is 0 Å². The SMILES string of the molecule is Cc1cc(C(Cc2c(Cl)cccc2Cl)NN)ccc1Br. The van der Waals surface area contributed by atoms with E-state index >= 15 is 0 Å². The van der Waals surface area contributed by atoms with E-state index in [0.29, 0.717) is 16.5 Å². The monoisotopic (exact) mass is 372 g/mol. The highest BCUT2D eigenvalue weighted by Crippen LogP contribution is 2.30. The minimum atomic E-state index is -0.0424. The fraction of sp³-hybridized carbons (Fsp3) is 0.200. The number of halogens is 3. The molecule has 0 aromatic heterocycles. The van der Waals surface area contributed by atoms with Crippen LogP contribution < -0.4 is 11.3 Å². The second-order valence-corrected chi connectivity index (χ2v) is 6.30. The Morgan fingerprint density at radius 1 is 1.20 bits per heavy atom. The molecule has 0 aliphatic carbocycles. The van der Waals surface area contributed by atoms with Crippen LogP contribution in [-0.4, -0.2) is 0 Å². The van der Waals surface area contributed by atoms with Crippen LogP contribution in [0.1, 0.15) is 22.7 Å². The van der Waals surface area contributed by atoms with Gasteiger partial charge >= 0.3 is 0 Å². The van der Waals surface area contributed by atoms with Crippen molar-refractivity contribution in [3.8, 4) is 0 Å². The molecule has 0 aliphatic rings. The number of nitrogens with one attached hydrogen (secondary N) is 1. The van der Waals surface area contributed by atoms with E-state index < -0.39 is 0 Å². The van der Waals surface area contributed by atoms with Crippen molar-refractivity contribution in [3.05, 3.63) is 67.6 Å². The average molecular weight is 374 g/mol. The highest BCUT2D eigenvalue weighted by atomic mass is 79.9. The molecular formula is C15H15BrCl2N2. The number of hydrogen-bond acceptors (Lipinski definition) is 2. The van der Waals surface area contributed by atoms with E-state index in [1.165, 1.54) is 0 Å². The van der Waals surface area contributed by atoms with Gasteiger partial charge in [0.1, 0.15) is 0 Å². The summed E-state index contributed by atoms with van der Waals surface area (Å²) in [4.78, 5) is 0. The lowest BCUT2D eigenvalue weighted by Crippen LogP contribution is -2.29. The van der Waals surface area contributed by atoms with Crippen LogP contribution in [0.3, 0.4) is 0 Å². The van der Waals surface area contributed by atoms with Gasteiger partial charge in [0.2, 0.25) is 0 Å². The third kappa shape index (κ3) is 3.54. The fourth-order valence-corrected chi connectivity index (χ4v) is 2.89. The van der Waals surface area contributed by atoms with Crippen molar-refractivity contribution in [2.75, 3.05) is 0 Å². The average Bonchev–Trinajstić information content (AvgIpc) is 2.42. The summed E-state index contributed by atoms with van der Waals surface area (Å²) in [5, 5.41) is 1.32. The van der Waals surface area contributed by atoms with Crippen LogP contribution in [0.5, 0.6) is 0 Å². The molecule has 3 N–H and O–H groups in total. The zero-order valence-electron chi connectivity index (χ0n) is 11.0. The molecule has 20 heavy (non-hydrogen) atoms. The van der Waals surface area contributed by atoms with E-state index in [-0.39, 0.29) is 6.04 Å². The minimum Gasteiger partial charge on any atom is -0.271 e. The fourth-order valence-electron chi connectivity index (χ4n) is 2.09. The molecule has 0 radical (unpaired) electrons. The smallest absolute Gasteiger partial charge is 0.0501 e. The van der Waals surface area contributed by atoms with Gasteiger partial charge in [0.05, 0.1) is 6.04 Å². The van der Waals surface area contributed by atoms with Crippen LogP contribution in [0, 0.1) is 6.92 Å². The van der Waals surface area contributed by atoms with Crippen molar-refractivity contribution >= 4 is 39.1 Å². The van der Waals surface area contributed by atoms with Gasteiger partial charge in [-0.05, 0) is 48.2 Å². The van der Waals surface area contributed by atoms with Gasteiger partial charge in [-0.25, -0.2) is 0 Å². The molecule has 0 bridgehead atoms. The predicted molar refractivity (Wildman–Crippen MR) is 89.1 cm³/mol. The van der Waals surface area contributed by atoms with Gasteiger partial charge in [-0.1, -0.05) is 57.3 Å². The van der Waals surface area contributed by atoms with E-state index in [9.17, 15) is 0 Å². The molecule has 0 heterocycles. The van der Waals surface area contributed by atoms with Gasteiger partial charge in [-0.15, -0.1) is 0 Å². The van der Waals surface area contributed by atoms with Crippen LogP contribution in [0.25, 0.3) is 0 Å². The Kier molecular flexibility index (Phi) is 5.47. The van der Waals surface area contributed by atoms with Crippen molar-refractivity contribution in [2.24, 2.45) is 5.84 Å². The highest BCUT2D eigenvalue weighted by molar-refractivity contribution is 9.10. The number of hydrogen-bond donors (Lipinski definition) is 2. The zero-order chi connectivity index (χ0) is 14.7. The molecule has 2 rings (SSSR count). The summed E-state index contributed by atoms with van der Waals surface area (Å²) in [5.41, 5.74) is 6.00. The van der Waals surface area contributed by atoms with E-state index in [1.54, 1.807) is 0 Å². The van der Waals surface area contributed by atoms with E-state index in [2.05, 4.69) is 27.4 Å². The van der Waals surface area contributed by atoms with Crippen molar-refractivity contribution < 1.29 is 0 Å². The number of benzene rings is 2. The van der Waals surface area contributed by atoms with Gasteiger partial charge in [-0.3, -0.25) is 11.3 Å². The molecule has 0 aliphatic heterocycles. The van der Waals surface area contributed by atoms with Crippen molar-refractivity contribution in [1.29, 1.82) is 0 Å². The van der Waals surface area contributed by atoms with E-state index in [4.69, 9.17) is 29.0 Å². The lowest BCUT2D eigenvalue weighted by molar-refractivity contribution is 0.551. The lowest BCUT2D eigenvalue weighted by Gasteiger charge is -2.19. The van der Waals surface area contributed by atoms with Crippen molar-refractivity contribution in [1.82, 2.24) is 5.43 Å². The van der Waals surface area contributed by atoms with Crippen LogP contribution in [0.15, 0.2) is 40.9 Å². The second kappa shape index (κ2) is 6.92. The van der Waals surface area contributed by atoms with Crippen LogP contribution >= 0.6 is 39.1 Å². The Morgan fingerprint density at radius 3 is 2.40 bits per heavy atom. The molecule has 5 heteroatoms. The molecule has 0 saturated carbocycles. The van der Waals surface area contributed by atoms with Gasteiger partial charge in [0.25, 0.3) is 0 Å². The number of hydrazine groups is 1. The quantitative estimate of drug-likeness (QED) is 0.596. The van der Waals surface area contributed by atoms with Crippen LogP contribution in [0.4, 0.5) is 0 Å². The number of nitrogens with two attached hydrogens (primary N) is 1.